The third-order valence-corrected chi connectivity index (χ3v) is 3.16. The highest BCUT2D eigenvalue weighted by molar-refractivity contribution is 5.86. The van der Waals surface area contributed by atoms with Crippen molar-refractivity contribution < 1.29 is 9.53 Å². The predicted molar refractivity (Wildman–Crippen MR) is 56.3 cm³/mol. The summed E-state index contributed by atoms with van der Waals surface area (Å²) in [4.78, 5) is 12.0. The molecule has 0 aromatic heterocycles. The number of methoxy groups -OCH3 is 1. The Morgan fingerprint density at radius 2 is 2.07 bits per heavy atom. The van der Waals surface area contributed by atoms with Gasteiger partial charge >= 0.3 is 0 Å². The van der Waals surface area contributed by atoms with E-state index in [0.717, 1.165) is 38.8 Å². The quantitative estimate of drug-likeness (QED) is 0.727. The molecule has 0 saturated carbocycles. The van der Waals surface area contributed by atoms with Gasteiger partial charge in [-0.25, -0.2) is 0 Å². The summed E-state index contributed by atoms with van der Waals surface area (Å²) in [7, 11) is 1.60. The van der Waals surface area contributed by atoms with Crippen molar-refractivity contribution in [3.63, 3.8) is 0 Å². The molecule has 0 bridgehead atoms. The number of hydrogen-bond acceptors (Lipinski definition) is 3. The summed E-state index contributed by atoms with van der Waals surface area (Å²) < 4.78 is 4.96. The molecule has 0 radical (unpaired) electrons. The normalized spacial score (nSPS) is 20.7. The van der Waals surface area contributed by atoms with Crippen molar-refractivity contribution in [2.75, 3.05) is 26.8 Å². The first kappa shape index (κ1) is 11.7. The Balaban J connectivity index is 2.63. The molecule has 3 heteroatoms. The number of carbonyl (C=O) groups is 1. The van der Waals surface area contributed by atoms with Crippen LogP contribution >= 0.6 is 0 Å². The van der Waals surface area contributed by atoms with Crippen LogP contribution in [-0.4, -0.2) is 32.6 Å². The monoisotopic (exact) mass is 199 g/mol. The van der Waals surface area contributed by atoms with Gasteiger partial charge in [0.15, 0.2) is 5.78 Å². The molecule has 1 heterocycles. The summed E-state index contributed by atoms with van der Waals surface area (Å²) in [5.74, 6) is 0.295. The van der Waals surface area contributed by atoms with Gasteiger partial charge < -0.3 is 10.1 Å². The Bertz CT molecular complexity index is 180. The zero-order valence-electron chi connectivity index (χ0n) is 9.27. The molecule has 1 N–H and O–H groups in total. The van der Waals surface area contributed by atoms with Gasteiger partial charge in [0.25, 0.3) is 0 Å². The summed E-state index contributed by atoms with van der Waals surface area (Å²) in [6.45, 7) is 4.36. The highest BCUT2D eigenvalue weighted by Gasteiger charge is 2.37. The van der Waals surface area contributed by atoms with Crippen LogP contribution in [0.25, 0.3) is 0 Å². The van der Waals surface area contributed by atoms with Crippen LogP contribution in [0.1, 0.15) is 32.6 Å². The Labute approximate surface area is 86.2 Å². The molecule has 0 amide bonds. The largest absolute Gasteiger partial charge is 0.377 e. The molecular weight excluding hydrogens is 178 g/mol. The summed E-state index contributed by atoms with van der Waals surface area (Å²) in [6.07, 6.45) is 4.04. The van der Waals surface area contributed by atoms with Crippen molar-refractivity contribution in [2.24, 2.45) is 5.41 Å². The van der Waals surface area contributed by atoms with Gasteiger partial charge in [0, 0.05) is 12.5 Å². The van der Waals surface area contributed by atoms with Crippen molar-refractivity contribution in [1.82, 2.24) is 5.32 Å². The lowest BCUT2D eigenvalue weighted by Gasteiger charge is -2.36. The molecule has 1 fully saturated rings. The molecule has 1 aliphatic heterocycles. The van der Waals surface area contributed by atoms with Gasteiger partial charge in [-0.05, 0) is 32.4 Å². The maximum absolute atomic E-state index is 12.0. The van der Waals surface area contributed by atoms with E-state index in [-0.39, 0.29) is 12.0 Å². The number of ether oxygens (including phenoxy) is 1. The van der Waals surface area contributed by atoms with E-state index in [9.17, 15) is 4.79 Å². The van der Waals surface area contributed by atoms with Crippen LogP contribution in [0.15, 0.2) is 0 Å². The highest BCUT2D eigenvalue weighted by atomic mass is 16.5. The predicted octanol–water partition coefficient (Wildman–Crippen LogP) is 1.37. The smallest absolute Gasteiger partial charge is 0.164 e. The van der Waals surface area contributed by atoms with E-state index in [1.54, 1.807) is 7.11 Å². The number of Topliss-reactive ketones (excluding diaryl/α,β-unsaturated/α-hetero) is 1. The molecule has 1 saturated heterocycles. The average molecular weight is 199 g/mol. The molecule has 0 aromatic rings. The second-order valence-electron chi connectivity index (χ2n) is 4.14. The molecule has 0 aliphatic carbocycles. The van der Waals surface area contributed by atoms with Crippen LogP contribution in [0.2, 0.25) is 0 Å². The van der Waals surface area contributed by atoms with Crippen LogP contribution in [-0.2, 0) is 9.53 Å². The molecule has 14 heavy (non-hydrogen) atoms. The van der Waals surface area contributed by atoms with Gasteiger partial charge in [-0.2, -0.15) is 0 Å². The maximum Gasteiger partial charge on any atom is 0.164 e. The topological polar surface area (TPSA) is 38.3 Å². The van der Waals surface area contributed by atoms with Crippen LogP contribution in [0.3, 0.4) is 0 Å². The van der Waals surface area contributed by atoms with Gasteiger partial charge in [0.1, 0.15) is 6.61 Å². The lowest BCUT2D eigenvalue weighted by molar-refractivity contribution is -0.134. The SMILES string of the molecule is CCCC1(C(=O)COC)CCNCC1. The summed E-state index contributed by atoms with van der Waals surface area (Å²) in [6, 6.07) is 0. The molecule has 1 aliphatic rings. The van der Waals surface area contributed by atoms with Crippen LogP contribution < -0.4 is 5.32 Å². The first-order valence-corrected chi connectivity index (χ1v) is 5.48. The minimum atomic E-state index is -0.0873. The first-order valence-electron chi connectivity index (χ1n) is 5.48. The van der Waals surface area contributed by atoms with Gasteiger partial charge in [0.05, 0.1) is 0 Å². The lowest BCUT2D eigenvalue weighted by Crippen LogP contribution is -2.43. The second-order valence-corrected chi connectivity index (χ2v) is 4.14. The van der Waals surface area contributed by atoms with Crippen molar-refractivity contribution in [2.45, 2.75) is 32.6 Å². The zero-order valence-corrected chi connectivity index (χ0v) is 9.27. The molecule has 0 atom stereocenters. The van der Waals surface area contributed by atoms with E-state index in [4.69, 9.17) is 4.74 Å². The molecule has 0 aromatic carbocycles. The van der Waals surface area contributed by atoms with Crippen molar-refractivity contribution in [1.29, 1.82) is 0 Å². The highest BCUT2D eigenvalue weighted by Crippen LogP contribution is 2.34. The summed E-state index contributed by atoms with van der Waals surface area (Å²) in [5, 5.41) is 3.30. The number of piperidine rings is 1. The van der Waals surface area contributed by atoms with E-state index in [1.807, 2.05) is 0 Å². The molecule has 1 rings (SSSR count). The van der Waals surface area contributed by atoms with Crippen LogP contribution in [0, 0.1) is 5.41 Å². The fourth-order valence-corrected chi connectivity index (χ4v) is 2.34. The molecule has 82 valence electrons. The molecule has 0 spiro atoms. The third-order valence-electron chi connectivity index (χ3n) is 3.16. The number of rotatable bonds is 5. The van der Waals surface area contributed by atoms with Gasteiger partial charge in [-0.3, -0.25) is 4.79 Å². The van der Waals surface area contributed by atoms with Crippen molar-refractivity contribution in [3.05, 3.63) is 0 Å². The fourth-order valence-electron chi connectivity index (χ4n) is 2.34. The van der Waals surface area contributed by atoms with E-state index in [0.29, 0.717) is 5.78 Å². The van der Waals surface area contributed by atoms with E-state index in [1.165, 1.54) is 0 Å². The Morgan fingerprint density at radius 1 is 1.43 bits per heavy atom. The van der Waals surface area contributed by atoms with Gasteiger partial charge in [0.2, 0.25) is 0 Å². The number of carbonyl (C=O) groups excluding carboxylic acids is 1. The van der Waals surface area contributed by atoms with Gasteiger partial charge in [-0.15, -0.1) is 0 Å². The first-order chi connectivity index (χ1) is 6.75. The summed E-state index contributed by atoms with van der Waals surface area (Å²) >= 11 is 0. The fraction of sp³-hybridized carbons (Fsp3) is 0.909. The van der Waals surface area contributed by atoms with E-state index in [2.05, 4.69) is 12.2 Å². The van der Waals surface area contributed by atoms with Crippen molar-refractivity contribution >= 4 is 5.78 Å². The van der Waals surface area contributed by atoms with Crippen LogP contribution in [0.5, 0.6) is 0 Å². The molecular formula is C11H21NO2. The third kappa shape index (κ3) is 2.55. The Hall–Kier alpha value is -0.410. The number of hydrogen-bond donors (Lipinski definition) is 1. The van der Waals surface area contributed by atoms with E-state index < -0.39 is 0 Å². The maximum atomic E-state index is 12.0. The zero-order chi connectivity index (χ0) is 10.4. The number of ketones is 1. The molecule has 3 nitrogen and oxygen atoms in total. The number of nitrogens with one attached hydrogen (secondary N) is 1. The second kappa shape index (κ2) is 5.47. The lowest BCUT2D eigenvalue weighted by atomic mass is 9.72. The molecule has 0 unspecified atom stereocenters. The Kier molecular flexibility index (Phi) is 4.55. The minimum Gasteiger partial charge on any atom is -0.377 e. The average Bonchev–Trinajstić information content (AvgIpc) is 2.20. The van der Waals surface area contributed by atoms with Crippen molar-refractivity contribution in [3.8, 4) is 0 Å². The van der Waals surface area contributed by atoms with Gasteiger partial charge in [-0.1, -0.05) is 13.3 Å². The Morgan fingerprint density at radius 3 is 2.57 bits per heavy atom. The van der Waals surface area contributed by atoms with Crippen LogP contribution in [0.4, 0.5) is 0 Å². The standard InChI is InChI=1S/C11H21NO2/c1-3-4-11(10(13)9-14-2)5-7-12-8-6-11/h12H,3-9H2,1-2H3. The summed E-state index contributed by atoms with van der Waals surface area (Å²) in [5.41, 5.74) is -0.0873. The van der Waals surface area contributed by atoms with E-state index >= 15 is 0 Å². The minimum absolute atomic E-state index is 0.0873.